The van der Waals surface area contributed by atoms with Gasteiger partial charge in [0.25, 0.3) is 0 Å². The standard InChI is InChI=1S/C20H28N2O6/c1-13(23)16(22-20(27)28-12-14-8-4-2-5-9-14)18(24)21-17(19(25)26)15-10-6-3-7-11-15/h2,4-5,8-9,13,15-17,23H,3,6-7,10-12H2,1H3,(H,21,24)(H,22,27)(H,25,26)/t13-,16+,17+/m1/s1. The van der Waals surface area contributed by atoms with Gasteiger partial charge >= 0.3 is 12.1 Å². The van der Waals surface area contributed by atoms with Crippen LogP contribution in [0.2, 0.25) is 0 Å². The molecule has 0 unspecified atom stereocenters. The molecule has 0 aromatic heterocycles. The highest BCUT2D eigenvalue weighted by Crippen LogP contribution is 2.26. The summed E-state index contributed by atoms with van der Waals surface area (Å²) in [5, 5.41) is 24.2. The Labute approximate surface area is 164 Å². The van der Waals surface area contributed by atoms with E-state index in [1.165, 1.54) is 6.92 Å². The molecule has 4 N–H and O–H groups in total. The van der Waals surface area contributed by atoms with Crippen molar-refractivity contribution in [2.45, 2.75) is 63.8 Å². The average molecular weight is 392 g/mol. The Morgan fingerprint density at radius 2 is 1.75 bits per heavy atom. The van der Waals surface area contributed by atoms with Gasteiger partial charge in [0.2, 0.25) is 5.91 Å². The SMILES string of the molecule is C[C@@H](O)[C@H](NC(=O)OCc1ccccc1)C(=O)N[C@H](C(=O)O)C1CCCCC1. The number of aliphatic hydroxyl groups excluding tert-OH is 1. The summed E-state index contributed by atoms with van der Waals surface area (Å²) in [4.78, 5) is 36.2. The monoisotopic (exact) mass is 392 g/mol. The number of carboxylic acids is 1. The van der Waals surface area contributed by atoms with Crippen molar-refractivity contribution < 1.29 is 29.3 Å². The van der Waals surface area contributed by atoms with E-state index in [0.717, 1.165) is 37.7 Å². The molecule has 28 heavy (non-hydrogen) atoms. The summed E-state index contributed by atoms with van der Waals surface area (Å²) in [6, 6.07) is 6.66. The van der Waals surface area contributed by atoms with Gasteiger partial charge in [-0.25, -0.2) is 9.59 Å². The molecule has 0 heterocycles. The lowest BCUT2D eigenvalue weighted by molar-refractivity contribution is -0.144. The maximum absolute atomic E-state index is 12.5. The second-order valence-electron chi connectivity index (χ2n) is 7.15. The topological polar surface area (TPSA) is 125 Å². The Balaban J connectivity index is 1.94. The number of rotatable bonds is 8. The van der Waals surface area contributed by atoms with Gasteiger partial charge in [-0.05, 0) is 31.2 Å². The number of aliphatic carboxylic acids is 1. The molecule has 8 nitrogen and oxygen atoms in total. The molecule has 0 bridgehead atoms. The second-order valence-corrected chi connectivity index (χ2v) is 7.15. The lowest BCUT2D eigenvalue weighted by atomic mass is 9.83. The molecule has 8 heteroatoms. The van der Waals surface area contributed by atoms with Crippen LogP contribution in [0.25, 0.3) is 0 Å². The molecule has 1 aromatic rings. The molecule has 0 aliphatic heterocycles. The third-order valence-electron chi connectivity index (χ3n) is 4.94. The number of hydrogen-bond acceptors (Lipinski definition) is 5. The minimum Gasteiger partial charge on any atom is -0.480 e. The van der Waals surface area contributed by atoms with E-state index in [-0.39, 0.29) is 12.5 Å². The lowest BCUT2D eigenvalue weighted by Crippen LogP contribution is -2.57. The van der Waals surface area contributed by atoms with Gasteiger partial charge < -0.3 is 25.6 Å². The maximum Gasteiger partial charge on any atom is 0.408 e. The lowest BCUT2D eigenvalue weighted by Gasteiger charge is -2.30. The molecule has 1 aliphatic carbocycles. The molecule has 0 saturated heterocycles. The number of carbonyl (C=O) groups excluding carboxylic acids is 2. The van der Waals surface area contributed by atoms with Crippen molar-refractivity contribution in [3.05, 3.63) is 35.9 Å². The Morgan fingerprint density at radius 3 is 2.32 bits per heavy atom. The number of amides is 2. The zero-order valence-electron chi connectivity index (χ0n) is 16.0. The first-order valence-corrected chi connectivity index (χ1v) is 9.57. The summed E-state index contributed by atoms with van der Waals surface area (Å²) in [6.45, 7) is 1.36. The van der Waals surface area contributed by atoms with E-state index in [4.69, 9.17) is 4.74 Å². The van der Waals surface area contributed by atoms with Crippen molar-refractivity contribution in [2.75, 3.05) is 0 Å². The molecule has 1 aromatic carbocycles. The van der Waals surface area contributed by atoms with E-state index in [1.807, 2.05) is 6.07 Å². The zero-order valence-corrected chi connectivity index (χ0v) is 16.0. The summed E-state index contributed by atoms with van der Waals surface area (Å²) in [6.07, 6.45) is 2.27. The predicted octanol–water partition coefficient (Wildman–Crippen LogP) is 1.81. The third kappa shape index (κ3) is 6.53. The predicted molar refractivity (Wildman–Crippen MR) is 101 cm³/mol. The van der Waals surface area contributed by atoms with Gasteiger partial charge in [0.15, 0.2) is 0 Å². The Kier molecular flexibility index (Phi) is 8.25. The van der Waals surface area contributed by atoms with Gasteiger partial charge in [0.1, 0.15) is 18.7 Å². The van der Waals surface area contributed by atoms with Crippen LogP contribution in [0.3, 0.4) is 0 Å². The van der Waals surface area contributed by atoms with Gasteiger partial charge in [-0.3, -0.25) is 4.79 Å². The van der Waals surface area contributed by atoms with E-state index in [0.29, 0.717) is 0 Å². The highest BCUT2D eigenvalue weighted by Gasteiger charge is 2.34. The molecule has 1 saturated carbocycles. The Bertz CT molecular complexity index is 658. The number of carboxylic acid groups (broad SMARTS) is 1. The van der Waals surface area contributed by atoms with Gasteiger partial charge in [0.05, 0.1) is 6.10 Å². The van der Waals surface area contributed by atoms with Crippen molar-refractivity contribution in [1.82, 2.24) is 10.6 Å². The van der Waals surface area contributed by atoms with E-state index >= 15 is 0 Å². The van der Waals surface area contributed by atoms with E-state index < -0.39 is 36.2 Å². The Morgan fingerprint density at radius 1 is 1.11 bits per heavy atom. The number of aliphatic hydroxyl groups is 1. The summed E-state index contributed by atoms with van der Waals surface area (Å²) in [5.41, 5.74) is 0.777. The largest absolute Gasteiger partial charge is 0.480 e. The van der Waals surface area contributed by atoms with Crippen molar-refractivity contribution in [3.8, 4) is 0 Å². The Hall–Kier alpha value is -2.61. The van der Waals surface area contributed by atoms with Crippen molar-refractivity contribution in [1.29, 1.82) is 0 Å². The minimum atomic E-state index is -1.31. The molecule has 3 atom stereocenters. The van der Waals surface area contributed by atoms with Gasteiger partial charge in [-0.2, -0.15) is 0 Å². The number of hydrogen-bond donors (Lipinski definition) is 4. The normalized spacial score (nSPS) is 17.8. The molecule has 0 radical (unpaired) electrons. The molecular formula is C20H28N2O6. The van der Waals surface area contributed by atoms with Crippen LogP contribution in [0.5, 0.6) is 0 Å². The van der Waals surface area contributed by atoms with Gasteiger partial charge in [-0.15, -0.1) is 0 Å². The summed E-state index contributed by atoms with van der Waals surface area (Å²) in [5.74, 6) is -2.02. The quantitative estimate of drug-likeness (QED) is 0.535. The van der Waals surface area contributed by atoms with Crippen LogP contribution in [-0.2, 0) is 20.9 Å². The molecule has 2 amide bonds. The summed E-state index contributed by atoms with van der Waals surface area (Å²) in [7, 11) is 0. The van der Waals surface area contributed by atoms with Crippen molar-refractivity contribution in [3.63, 3.8) is 0 Å². The van der Waals surface area contributed by atoms with Crippen LogP contribution in [0, 0.1) is 5.92 Å². The van der Waals surface area contributed by atoms with Crippen molar-refractivity contribution >= 4 is 18.0 Å². The van der Waals surface area contributed by atoms with Crippen molar-refractivity contribution in [2.24, 2.45) is 5.92 Å². The second kappa shape index (κ2) is 10.7. The maximum atomic E-state index is 12.5. The fraction of sp³-hybridized carbons (Fsp3) is 0.550. The first-order valence-electron chi connectivity index (χ1n) is 9.57. The molecule has 1 fully saturated rings. The van der Waals surface area contributed by atoms with E-state index in [9.17, 15) is 24.6 Å². The van der Waals surface area contributed by atoms with Gasteiger partial charge in [-0.1, -0.05) is 49.6 Å². The van der Waals surface area contributed by atoms with E-state index in [1.54, 1.807) is 24.3 Å². The number of carbonyl (C=O) groups is 3. The first-order chi connectivity index (χ1) is 13.4. The number of ether oxygens (including phenoxy) is 1. The van der Waals surface area contributed by atoms with Gasteiger partial charge in [0, 0.05) is 0 Å². The number of alkyl carbamates (subject to hydrolysis) is 1. The summed E-state index contributed by atoms with van der Waals surface area (Å²) < 4.78 is 5.07. The molecule has 154 valence electrons. The number of benzene rings is 1. The molecule has 0 spiro atoms. The van der Waals surface area contributed by atoms with E-state index in [2.05, 4.69) is 10.6 Å². The van der Waals surface area contributed by atoms with Crippen LogP contribution in [0.15, 0.2) is 30.3 Å². The third-order valence-corrected chi connectivity index (χ3v) is 4.94. The van der Waals surface area contributed by atoms with Crippen LogP contribution >= 0.6 is 0 Å². The fourth-order valence-corrected chi connectivity index (χ4v) is 3.39. The van der Waals surface area contributed by atoms with Crippen LogP contribution < -0.4 is 10.6 Å². The van der Waals surface area contributed by atoms with Crippen LogP contribution in [-0.4, -0.2) is 46.4 Å². The highest BCUT2D eigenvalue weighted by molar-refractivity contribution is 5.89. The zero-order chi connectivity index (χ0) is 20.5. The van der Waals surface area contributed by atoms with Crippen LogP contribution in [0.1, 0.15) is 44.6 Å². The molecular weight excluding hydrogens is 364 g/mol. The fourth-order valence-electron chi connectivity index (χ4n) is 3.39. The summed E-state index contributed by atoms with van der Waals surface area (Å²) >= 11 is 0. The highest BCUT2D eigenvalue weighted by atomic mass is 16.5. The average Bonchev–Trinajstić information content (AvgIpc) is 2.69. The smallest absolute Gasteiger partial charge is 0.408 e. The minimum absolute atomic E-state index is 0.0145. The molecule has 1 aliphatic rings. The first kappa shape index (κ1) is 21.7. The number of nitrogens with one attached hydrogen (secondary N) is 2. The molecule has 2 rings (SSSR count). The van der Waals surface area contributed by atoms with Crippen LogP contribution in [0.4, 0.5) is 4.79 Å².